The van der Waals surface area contributed by atoms with E-state index in [1.165, 1.54) is 16.5 Å². The summed E-state index contributed by atoms with van der Waals surface area (Å²) in [5.74, 6) is 1.78. The first kappa shape index (κ1) is 15.4. The molecule has 116 valence electrons. The first-order chi connectivity index (χ1) is 10.7. The monoisotopic (exact) mass is 317 g/mol. The second-order valence-electron chi connectivity index (χ2n) is 5.57. The summed E-state index contributed by atoms with van der Waals surface area (Å²) < 4.78 is 19.0. The molecule has 1 aliphatic rings. The minimum absolute atomic E-state index is 0.166. The Balaban J connectivity index is 1.78. The lowest BCUT2D eigenvalue weighted by Gasteiger charge is -2.26. The fourth-order valence-electron chi connectivity index (χ4n) is 2.86. The minimum Gasteiger partial charge on any atom is -0.496 e. The maximum Gasteiger partial charge on any atom is 0.123 e. The quantitative estimate of drug-likeness (QED) is 0.899. The van der Waals surface area contributed by atoms with E-state index in [9.17, 15) is 4.39 Å². The molecular weight excluding hydrogens is 297 g/mol. The number of fused-ring (bicyclic) bond motifs is 1. The van der Waals surface area contributed by atoms with Crippen molar-refractivity contribution in [2.75, 3.05) is 12.9 Å². The Bertz CT molecular complexity index is 674. The smallest absolute Gasteiger partial charge is 0.123 e. The minimum atomic E-state index is -0.166. The second kappa shape index (κ2) is 6.71. The van der Waals surface area contributed by atoms with E-state index in [2.05, 4.69) is 18.3 Å². The van der Waals surface area contributed by atoms with E-state index in [1.54, 1.807) is 24.9 Å². The van der Waals surface area contributed by atoms with Gasteiger partial charge in [-0.3, -0.25) is 0 Å². The lowest BCUT2D eigenvalue weighted by molar-refractivity contribution is 0.404. The molecule has 1 N–H and O–H groups in total. The molecule has 0 saturated carbocycles. The molecule has 0 aromatic heterocycles. The third-order valence-corrected chi connectivity index (χ3v) is 5.11. The number of nitrogens with one attached hydrogen (secondary N) is 1. The molecule has 0 fully saturated rings. The summed E-state index contributed by atoms with van der Waals surface area (Å²) in [6.07, 6.45) is 1.01. The lowest BCUT2D eigenvalue weighted by Crippen LogP contribution is -2.24. The van der Waals surface area contributed by atoms with Crippen molar-refractivity contribution in [3.8, 4) is 5.75 Å². The van der Waals surface area contributed by atoms with E-state index < -0.39 is 0 Å². The molecule has 0 amide bonds. The van der Waals surface area contributed by atoms with Gasteiger partial charge < -0.3 is 10.1 Å². The predicted molar refractivity (Wildman–Crippen MR) is 89.1 cm³/mol. The average Bonchev–Trinajstić information content (AvgIpc) is 2.53. The van der Waals surface area contributed by atoms with E-state index in [1.807, 2.05) is 18.2 Å². The maximum atomic E-state index is 13.5. The van der Waals surface area contributed by atoms with Crippen molar-refractivity contribution in [2.24, 2.45) is 0 Å². The van der Waals surface area contributed by atoms with Crippen LogP contribution in [-0.2, 0) is 6.54 Å². The molecule has 3 rings (SSSR count). The normalized spacial score (nSPS) is 17.1. The first-order valence-electron chi connectivity index (χ1n) is 7.46. The summed E-state index contributed by atoms with van der Waals surface area (Å²) in [5, 5.41) is 3.56. The zero-order valence-corrected chi connectivity index (χ0v) is 13.7. The number of thioether (sulfide) groups is 1. The summed E-state index contributed by atoms with van der Waals surface area (Å²) in [5.41, 5.74) is 3.42. The van der Waals surface area contributed by atoms with Crippen LogP contribution >= 0.6 is 11.8 Å². The van der Waals surface area contributed by atoms with Crippen LogP contribution in [0.2, 0.25) is 0 Å². The summed E-state index contributed by atoms with van der Waals surface area (Å²) in [4.78, 5) is 1.18. The Kier molecular flexibility index (Phi) is 4.69. The lowest BCUT2D eigenvalue weighted by atomic mass is 10.0. The number of ether oxygens (including phenoxy) is 1. The maximum absolute atomic E-state index is 13.5. The van der Waals surface area contributed by atoms with Crippen LogP contribution in [-0.4, -0.2) is 12.9 Å². The first-order valence-corrected chi connectivity index (χ1v) is 8.45. The number of hydrogen-bond acceptors (Lipinski definition) is 3. The van der Waals surface area contributed by atoms with Crippen molar-refractivity contribution < 1.29 is 9.13 Å². The highest BCUT2D eigenvalue weighted by Gasteiger charge is 2.21. The van der Waals surface area contributed by atoms with Crippen LogP contribution in [0.15, 0.2) is 41.3 Å². The highest BCUT2D eigenvalue weighted by atomic mass is 32.2. The van der Waals surface area contributed by atoms with E-state index in [0.29, 0.717) is 0 Å². The number of aryl methyl sites for hydroxylation is 1. The third kappa shape index (κ3) is 3.28. The molecule has 2 nitrogen and oxygen atoms in total. The van der Waals surface area contributed by atoms with Crippen molar-refractivity contribution >= 4 is 11.8 Å². The SMILES string of the molecule is COc1ccc(C)cc1CNC1CCSc2ccc(F)cc21. The molecule has 1 unspecified atom stereocenters. The number of benzene rings is 2. The fourth-order valence-corrected chi connectivity index (χ4v) is 3.96. The van der Waals surface area contributed by atoms with Gasteiger partial charge in [0, 0.05) is 23.0 Å². The number of halogens is 1. The third-order valence-electron chi connectivity index (χ3n) is 3.99. The highest BCUT2D eigenvalue weighted by molar-refractivity contribution is 7.99. The molecule has 0 bridgehead atoms. The fraction of sp³-hybridized carbons (Fsp3) is 0.333. The van der Waals surface area contributed by atoms with Gasteiger partial charge in [-0.25, -0.2) is 4.39 Å². The van der Waals surface area contributed by atoms with Gasteiger partial charge in [0.1, 0.15) is 11.6 Å². The van der Waals surface area contributed by atoms with Gasteiger partial charge in [0.2, 0.25) is 0 Å². The van der Waals surface area contributed by atoms with Gasteiger partial charge in [-0.15, -0.1) is 11.8 Å². The summed E-state index contributed by atoms with van der Waals surface area (Å²) in [6.45, 7) is 2.79. The van der Waals surface area contributed by atoms with Gasteiger partial charge in [-0.1, -0.05) is 17.7 Å². The molecule has 1 atom stereocenters. The van der Waals surface area contributed by atoms with E-state index in [-0.39, 0.29) is 11.9 Å². The summed E-state index contributed by atoms with van der Waals surface area (Å²) >= 11 is 1.80. The van der Waals surface area contributed by atoms with Crippen molar-refractivity contribution in [3.05, 3.63) is 58.9 Å². The van der Waals surface area contributed by atoms with Crippen molar-refractivity contribution in [2.45, 2.75) is 30.8 Å². The predicted octanol–water partition coefficient (Wildman–Crippen LogP) is 4.47. The van der Waals surface area contributed by atoms with Crippen molar-refractivity contribution in [1.82, 2.24) is 5.32 Å². The average molecular weight is 317 g/mol. The molecule has 2 aromatic rings. The Morgan fingerprint density at radius 1 is 1.27 bits per heavy atom. The Morgan fingerprint density at radius 3 is 2.95 bits per heavy atom. The van der Waals surface area contributed by atoms with Crippen molar-refractivity contribution in [3.63, 3.8) is 0 Å². The molecule has 0 radical (unpaired) electrons. The molecule has 0 spiro atoms. The molecular formula is C18H20FNOS. The zero-order chi connectivity index (χ0) is 15.5. The van der Waals surface area contributed by atoms with Gasteiger partial charge in [0.15, 0.2) is 0 Å². The Morgan fingerprint density at radius 2 is 2.14 bits per heavy atom. The van der Waals surface area contributed by atoms with Gasteiger partial charge in [0.05, 0.1) is 7.11 Å². The summed E-state index contributed by atoms with van der Waals surface area (Å²) in [6, 6.07) is 11.5. The number of methoxy groups -OCH3 is 1. The molecule has 2 aromatic carbocycles. The van der Waals surface area contributed by atoms with Crippen LogP contribution in [0, 0.1) is 12.7 Å². The second-order valence-corrected chi connectivity index (χ2v) is 6.70. The van der Waals surface area contributed by atoms with Gasteiger partial charge in [-0.05, 0) is 48.9 Å². The van der Waals surface area contributed by atoms with E-state index >= 15 is 0 Å². The highest BCUT2D eigenvalue weighted by Crippen LogP contribution is 2.36. The molecule has 22 heavy (non-hydrogen) atoms. The standard InChI is InChI=1S/C18H20FNOS/c1-12-3-5-17(21-2)13(9-12)11-20-16-7-8-22-18-6-4-14(19)10-15(16)18/h3-6,9-10,16,20H,7-8,11H2,1-2H3. The Labute approximate surface area is 135 Å². The van der Waals surface area contributed by atoms with Gasteiger partial charge >= 0.3 is 0 Å². The number of hydrogen-bond donors (Lipinski definition) is 1. The molecule has 1 heterocycles. The molecule has 1 aliphatic heterocycles. The van der Waals surface area contributed by atoms with Crippen LogP contribution in [0.1, 0.15) is 29.2 Å². The zero-order valence-electron chi connectivity index (χ0n) is 12.9. The molecule has 4 heteroatoms. The van der Waals surface area contributed by atoms with Gasteiger partial charge in [0.25, 0.3) is 0 Å². The van der Waals surface area contributed by atoms with E-state index in [4.69, 9.17) is 4.74 Å². The van der Waals surface area contributed by atoms with Crippen LogP contribution in [0.4, 0.5) is 4.39 Å². The van der Waals surface area contributed by atoms with Gasteiger partial charge in [-0.2, -0.15) is 0 Å². The topological polar surface area (TPSA) is 21.3 Å². The molecule has 0 aliphatic carbocycles. The largest absolute Gasteiger partial charge is 0.496 e. The Hall–Kier alpha value is -1.52. The van der Waals surface area contributed by atoms with Crippen LogP contribution in [0.5, 0.6) is 5.75 Å². The van der Waals surface area contributed by atoms with E-state index in [0.717, 1.165) is 35.6 Å². The van der Waals surface area contributed by atoms with Crippen molar-refractivity contribution in [1.29, 1.82) is 0 Å². The molecule has 0 saturated heterocycles. The van der Waals surface area contributed by atoms with Crippen LogP contribution < -0.4 is 10.1 Å². The number of rotatable bonds is 4. The van der Waals surface area contributed by atoms with Crippen LogP contribution in [0.25, 0.3) is 0 Å². The summed E-state index contributed by atoms with van der Waals surface area (Å²) in [7, 11) is 1.69. The van der Waals surface area contributed by atoms with Crippen LogP contribution in [0.3, 0.4) is 0 Å².